The molecule has 0 radical (unpaired) electrons. The number of ether oxygens (including phenoxy) is 2. The minimum absolute atomic E-state index is 0.0274. The Morgan fingerprint density at radius 2 is 2.04 bits per heavy atom. The first-order valence-electron chi connectivity index (χ1n) is 10.1. The van der Waals surface area contributed by atoms with E-state index in [1.807, 2.05) is 30.0 Å². The number of nitrogens with zero attached hydrogens (tertiary/aromatic N) is 1. The first kappa shape index (κ1) is 18.4. The van der Waals surface area contributed by atoms with Gasteiger partial charge < -0.3 is 19.5 Å². The molecular formula is C22H29NO4. The molecule has 0 amide bonds. The number of carbonyl (C=O) groups is 1. The lowest BCUT2D eigenvalue weighted by Gasteiger charge is -2.28. The molecule has 1 aromatic rings. The molecule has 27 heavy (non-hydrogen) atoms. The van der Waals surface area contributed by atoms with Crippen LogP contribution in [-0.4, -0.2) is 37.3 Å². The van der Waals surface area contributed by atoms with Gasteiger partial charge in [-0.1, -0.05) is 0 Å². The highest BCUT2D eigenvalue weighted by atomic mass is 16.5. The number of allylic oxidation sites excluding steroid dienone is 2. The van der Waals surface area contributed by atoms with Crippen molar-refractivity contribution in [2.24, 2.45) is 11.8 Å². The number of methoxy groups -OCH3 is 1. The summed E-state index contributed by atoms with van der Waals surface area (Å²) in [4.78, 5) is 14.1. The van der Waals surface area contributed by atoms with Crippen LogP contribution >= 0.6 is 0 Å². The summed E-state index contributed by atoms with van der Waals surface area (Å²) in [5, 5.41) is 9.58. The minimum Gasteiger partial charge on any atom is -0.493 e. The predicted molar refractivity (Wildman–Crippen MR) is 104 cm³/mol. The Morgan fingerprint density at radius 1 is 1.19 bits per heavy atom. The molecule has 5 heteroatoms. The molecule has 2 bridgehead atoms. The second-order valence-electron chi connectivity index (χ2n) is 8.04. The van der Waals surface area contributed by atoms with E-state index >= 15 is 0 Å². The number of hydrogen-bond donors (Lipinski definition) is 1. The third-order valence-corrected chi connectivity index (χ3v) is 6.50. The van der Waals surface area contributed by atoms with E-state index in [-0.39, 0.29) is 18.5 Å². The Kier molecular flexibility index (Phi) is 5.13. The predicted octanol–water partition coefficient (Wildman–Crippen LogP) is 3.70. The van der Waals surface area contributed by atoms with Crippen LogP contribution in [0.4, 0.5) is 5.69 Å². The normalized spacial score (nSPS) is 26.8. The monoisotopic (exact) mass is 371 g/mol. The highest BCUT2D eigenvalue weighted by Crippen LogP contribution is 2.47. The molecule has 3 aliphatic rings. The molecule has 0 heterocycles. The zero-order valence-corrected chi connectivity index (χ0v) is 16.2. The summed E-state index contributed by atoms with van der Waals surface area (Å²) in [6.07, 6.45) is 6.57. The van der Waals surface area contributed by atoms with Gasteiger partial charge in [0.25, 0.3) is 0 Å². The van der Waals surface area contributed by atoms with Gasteiger partial charge >= 0.3 is 0 Å². The summed E-state index contributed by atoms with van der Waals surface area (Å²) in [5.74, 6) is 3.17. The molecule has 3 aliphatic carbocycles. The quantitative estimate of drug-likeness (QED) is 0.792. The lowest BCUT2D eigenvalue weighted by Crippen LogP contribution is -2.27. The van der Waals surface area contributed by atoms with Crippen molar-refractivity contribution in [2.75, 3.05) is 25.2 Å². The Hall–Kier alpha value is -2.01. The number of aliphatic hydroxyl groups is 1. The number of ketones is 1. The van der Waals surface area contributed by atoms with E-state index in [0.29, 0.717) is 18.9 Å². The molecular weight excluding hydrogens is 342 g/mol. The number of aliphatic hydroxyl groups excluding tert-OH is 1. The Morgan fingerprint density at radius 3 is 2.63 bits per heavy atom. The molecule has 1 aromatic carbocycles. The lowest BCUT2D eigenvalue weighted by atomic mass is 9.98. The Bertz CT molecular complexity index is 757. The maximum atomic E-state index is 12.0. The molecule has 2 saturated carbocycles. The molecule has 4 rings (SSSR count). The van der Waals surface area contributed by atoms with Crippen molar-refractivity contribution in [2.45, 2.75) is 51.6 Å². The second kappa shape index (κ2) is 7.55. The van der Waals surface area contributed by atoms with Crippen LogP contribution in [-0.2, 0) is 4.79 Å². The van der Waals surface area contributed by atoms with E-state index in [1.165, 1.54) is 19.3 Å². The molecule has 0 spiro atoms. The average molecular weight is 371 g/mol. The molecule has 3 atom stereocenters. The largest absolute Gasteiger partial charge is 0.493 e. The fourth-order valence-electron chi connectivity index (χ4n) is 5.04. The van der Waals surface area contributed by atoms with Crippen molar-refractivity contribution in [3.8, 4) is 11.5 Å². The van der Waals surface area contributed by atoms with Gasteiger partial charge in [-0.3, -0.25) is 4.79 Å². The van der Waals surface area contributed by atoms with E-state index in [0.717, 1.165) is 47.2 Å². The molecule has 0 aromatic heterocycles. The zero-order chi connectivity index (χ0) is 19.0. The third kappa shape index (κ3) is 3.45. The van der Waals surface area contributed by atoms with Gasteiger partial charge in [0, 0.05) is 36.0 Å². The first-order valence-corrected chi connectivity index (χ1v) is 10.1. The minimum atomic E-state index is 0.0274. The highest BCUT2D eigenvalue weighted by molar-refractivity contribution is 5.99. The summed E-state index contributed by atoms with van der Waals surface area (Å²) in [6, 6.07) is 5.91. The zero-order valence-electron chi connectivity index (χ0n) is 16.2. The fraction of sp³-hybridized carbons (Fsp3) is 0.591. The summed E-state index contributed by atoms with van der Waals surface area (Å²) < 4.78 is 11.9. The van der Waals surface area contributed by atoms with Gasteiger partial charge in [-0.05, 0) is 63.0 Å². The standard InChI is InChI=1S/C22H29NO4/c1-14-18(6-7-19(14)25)23(9-10-24)17-5-8-20(26-2)22(13-17)27-21-12-15-3-4-16(21)11-15/h5,8,13,15-16,21,24H,3-4,6-7,9-12H2,1-2H3. The molecule has 3 unspecified atom stereocenters. The van der Waals surface area contributed by atoms with E-state index in [2.05, 4.69) is 0 Å². The van der Waals surface area contributed by atoms with E-state index < -0.39 is 0 Å². The number of hydrogen-bond acceptors (Lipinski definition) is 5. The summed E-state index contributed by atoms with van der Waals surface area (Å²) >= 11 is 0. The number of anilines is 1. The SMILES string of the molecule is COc1ccc(N(CCO)C2=C(C)C(=O)CC2)cc1OC1CC2CCC1C2. The van der Waals surface area contributed by atoms with Gasteiger partial charge in [0.15, 0.2) is 17.3 Å². The summed E-state index contributed by atoms with van der Waals surface area (Å²) in [6.45, 7) is 2.37. The van der Waals surface area contributed by atoms with Crippen LogP contribution in [0.1, 0.15) is 45.4 Å². The van der Waals surface area contributed by atoms with Crippen molar-refractivity contribution < 1.29 is 19.4 Å². The molecule has 0 aliphatic heterocycles. The molecule has 146 valence electrons. The second-order valence-corrected chi connectivity index (χ2v) is 8.04. The molecule has 0 saturated heterocycles. The van der Waals surface area contributed by atoms with Crippen LogP contribution in [0, 0.1) is 11.8 Å². The van der Waals surface area contributed by atoms with Gasteiger partial charge in [-0.2, -0.15) is 0 Å². The van der Waals surface area contributed by atoms with Crippen LogP contribution in [0.15, 0.2) is 29.5 Å². The van der Waals surface area contributed by atoms with Gasteiger partial charge in [-0.25, -0.2) is 0 Å². The lowest BCUT2D eigenvalue weighted by molar-refractivity contribution is -0.114. The van der Waals surface area contributed by atoms with Gasteiger partial charge in [0.1, 0.15) is 6.10 Å². The van der Waals surface area contributed by atoms with E-state index in [1.54, 1.807) is 7.11 Å². The van der Waals surface area contributed by atoms with Crippen molar-refractivity contribution >= 4 is 11.5 Å². The van der Waals surface area contributed by atoms with Gasteiger partial charge in [-0.15, -0.1) is 0 Å². The summed E-state index contributed by atoms with van der Waals surface area (Å²) in [5.41, 5.74) is 2.74. The molecule has 5 nitrogen and oxygen atoms in total. The maximum absolute atomic E-state index is 12.0. The van der Waals surface area contributed by atoms with Crippen LogP contribution in [0.2, 0.25) is 0 Å². The first-order chi connectivity index (χ1) is 13.1. The third-order valence-electron chi connectivity index (χ3n) is 6.50. The highest BCUT2D eigenvalue weighted by Gasteiger charge is 2.41. The Labute approximate surface area is 161 Å². The van der Waals surface area contributed by atoms with Gasteiger partial charge in [0.05, 0.1) is 13.7 Å². The van der Waals surface area contributed by atoms with Crippen molar-refractivity contribution in [1.82, 2.24) is 0 Å². The number of rotatable bonds is 7. The van der Waals surface area contributed by atoms with Crippen LogP contribution in [0.5, 0.6) is 11.5 Å². The van der Waals surface area contributed by atoms with Gasteiger partial charge in [0.2, 0.25) is 0 Å². The van der Waals surface area contributed by atoms with Crippen LogP contribution < -0.4 is 14.4 Å². The molecule has 1 N–H and O–H groups in total. The summed E-state index contributed by atoms with van der Waals surface area (Å²) in [7, 11) is 1.66. The maximum Gasteiger partial charge on any atom is 0.163 e. The Balaban J connectivity index is 1.63. The van der Waals surface area contributed by atoms with E-state index in [4.69, 9.17) is 9.47 Å². The van der Waals surface area contributed by atoms with Crippen LogP contribution in [0.3, 0.4) is 0 Å². The van der Waals surface area contributed by atoms with Crippen molar-refractivity contribution in [3.63, 3.8) is 0 Å². The van der Waals surface area contributed by atoms with Crippen LogP contribution in [0.25, 0.3) is 0 Å². The number of Topliss-reactive ketones (excluding diaryl/α,β-unsaturated/α-hetero) is 1. The number of benzene rings is 1. The molecule has 2 fully saturated rings. The van der Waals surface area contributed by atoms with E-state index in [9.17, 15) is 9.90 Å². The van der Waals surface area contributed by atoms with Crippen molar-refractivity contribution in [1.29, 1.82) is 0 Å². The smallest absolute Gasteiger partial charge is 0.163 e. The number of carbonyl (C=O) groups excluding carboxylic acids is 1. The average Bonchev–Trinajstić information content (AvgIpc) is 3.37. The number of fused-ring (bicyclic) bond motifs is 2. The topological polar surface area (TPSA) is 59.0 Å². The fourth-order valence-corrected chi connectivity index (χ4v) is 5.04. The van der Waals surface area contributed by atoms with Crippen molar-refractivity contribution in [3.05, 3.63) is 29.5 Å².